The van der Waals surface area contributed by atoms with Crippen LogP contribution in [0.3, 0.4) is 0 Å². The minimum Gasteiger partial charge on any atom is -0.382 e. The monoisotopic (exact) mass is 244 g/mol. The van der Waals surface area contributed by atoms with E-state index in [1.54, 1.807) is 24.3 Å². The van der Waals surface area contributed by atoms with Crippen molar-refractivity contribution in [2.24, 2.45) is 0 Å². The molecule has 0 atom stereocenters. The molecule has 0 fully saturated rings. The molecule has 0 bridgehead atoms. The summed E-state index contributed by atoms with van der Waals surface area (Å²) >= 11 is 0. The predicted octanol–water partition coefficient (Wildman–Crippen LogP) is 0.764. The maximum atomic E-state index is 12.0. The van der Waals surface area contributed by atoms with Crippen molar-refractivity contribution in [3.8, 4) is 0 Å². The van der Waals surface area contributed by atoms with Crippen LogP contribution in [0.5, 0.6) is 0 Å². The van der Waals surface area contributed by atoms with Gasteiger partial charge in [0.05, 0.1) is 17.7 Å². The first-order chi connectivity index (χ1) is 8.66. The molecule has 2 heterocycles. The highest BCUT2D eigenvalue weighted by atomic mass is 16.5. The summed E-state index contributed by atoms with van der Waals surface area (Å²) in [6, 6.07) is 7.81. The van der Waals surface area contributed by atoms with E-state index >= 15 is 0 Å². The number of benzene rings is 1. The van der Waals surface area contributed by atoms with E-state index in [9.17, 15) is 14.4 Å². The summed E-state index contributed by atoms with van der Waals surface area (Å²) in [5, 5.41) is 2.11. The topological polar surface area (TPSA) is 83.4 Å². The van der Waals surface area contributed by atoms with Gasteiger partial charge in [0.2, 0.25) is 0 Å². The Hall–Kier alpha value is -2.63. The van der Waals surface area contributed by atoms with Crippen LogP contribution < -0.4 is 5.56 Å². The molecule has 1 N–H and O–H groups in total. The molecule has 6 nitrogen and oxygen atoms in total. The molecule has 0 spiro atoms. The van der Waals surface area contributed by atoms with Crippen molar-refractivity contribution in [3.05, 3.63) is 57.6 Å². The molecule has 0 saturated carbocycles. The molecule has 0 aliphatic carbocycles. The number of imide groups is 1. The van der Waals surface area contributed by atoms with Gasteiger partial charge in [0.25, 0.3) is 17.4 Å². The molecule has 0 saturated heterocycles. The smallest absolute Gasteiger partial charge is 0.280 e. The SMILES string of the molecule is O=C1c2ccccc2C(=O)N1Cc1cc(=O)[nH]o1. The highest BCUT2D eigenvalue weighted by molar-refractivity contribution is 6.21. The number of H-pyrrole nitrogens is 1. The zero-order valence-electron chi connectivity index (χ0n) is 9.17. The highest BCUT2D eigenvalue weighted by Gasteiger charge is 2.35. The van der Waals surface area contributed by atoms with Gasteiger partial charge < -0.3 is 4.52 Å². The summed E-state index contributed by atoms with van der Waals surface area (Å²) in [5.74, 6) is -0.506. The average Bonchev–Trinajstić information content (AvgIpc) is 2.88. The first-order valence-corrected chi connectivity index (χ1v) is 5.29. The molecule has 1 aromatic carbocycles. The van der Waals surface area contributed by atoms with Crippen molar-refractivity contribution in [1.82, 2.24) is 10.1 Å². The molecule has 2 aromatic rings. The van der Waals surface area contributed by atoms with Gasteiger partial charge in [0.1, 0.15) is 0 Å². The van der Waals surface area contributed by atoms with Crippen LogP contribution in [0, 0.1) is 0 Å². The summed E-state index contributed by atoms with van der Waals surface area (Å²) in [6.07, 6.45) is 0. The van der Waals surface area contributed by atoms with E-state index in [1.807, 2.05) is 0 Å². The number of nitrogens with zero attached hydrogens (tertiary/aromatic N) is 1. The second-order valence-electron chi connectivity index (χ2n) is 3.92. The molecule has 1 aromatic heterocycles. The maximum Gasteiger partial charge on any atom is 0.280 e. The number of fused-ring (bicyclic) bond motifs is 1. The predicted molar refractivity (Wildman–Crippen MR) is 60.0 cm³/mol. The molecule has 1 aliphatic rings. The van der Waals surface area contributed by atoms with Gasteiger partial charge in [0, 0.05) is 6.07 Å². The lowest BCUT2D eigenvalue weighted by Gasteiger charge is -2.10. The molecular weight excluding hydrogens is 236 g/mol. The number of hydrogen-bond acceptors (Lipinski definition) is 4. The van der Waals surface area contributed by atoms with Crippen LogP contribution in [0.4, 0.5) is 0 Å². The quantitative estimate of drug-likeness (QED) is 0.790. The molecule has 90 valence electrons. The van der Waals surface area contributed by atoms with Crippen LogP contribution in [0.15, 0.2) is 39.6 Å². The van der Waals surface area contributed by atoms with Gasteiger partial charge in [0.15, 0.2) is 5.76 Å². The number of aromatic amines is 1. The standard InChI is InChI=1S/C12H8N2O4/c15-10-5-7(18-13-10)6-14-11(16)8-3-1-2-4-9(8)12(14)17/h1-5H,6H2,(H,13,15). The minimum atomic E-state index is -0.401. The average molecular weight is 244 g/mol. The lowest BCUT2D eigenvalue weighted by atomic mass is 10.1. The van der Waals surface area contributed by atoms with E-state index in [0.29, 0.717) is 11.1 Å². The van der Waals surface area contributed by atoms with Crippen molar-refractivity contribution in [2.45, 2.75) is 6.54 Å². The maximum absolute atomic E-state index is 12.0. The van der Waals surface area contributed by atoms with Gasteiger partial charge in [-0.3, -0.25) is 19.3 Å². The van der Waals surface area contributed by atoms with Crippen molar-refractivity contribution in [1.29, 1.82) is 0 Å². The molecule has 6 heteroatoms. The van der Waals surface area contributed by atoms with Crippen LogP contribution >= 0.6 is 0 Å². The molecule has 2 amide bonds. The number of amides is 2. The lowest BCUT2D eigenvalue weighted by molar-refractivity contribution is 0.0628. The zero-order chi connectivity index (χ0) is 12.7. The highest BCUT2D eigenvalue weighted by Crippen LogP contribution is 2.23. The molecule has 1 aliphatic heterocycles. The van der Waals surface area contributed by atoms with Crippen LogP contribution in [0.25, 0.3) is 0 Å². The Balaban J connectivity index is 1.95. The summed E-state index contributed by atoms with van der Waals surface area (Å²) in [4.78, 5) is 35.9. The van der Waals surface area contributed by atoms with Crippen molar-refractivity contribution in [3.63, 3.8) is 0 Å². The zero-order valence-corrected chi connectivity index (χ0v) is 9.17. The summed E-state index contributed by atoms with van der Waals surface area (Å²) in [5.41, 5.74) is 0.349. The van der Waals surface area contributed by atoms with Gasteiger partial charge in [-0.1, -0.05) is 12.1 Å². The van der Waals surface area contributed by atoms with Gasteiger partial charge in [-0.15, -0.1) is 0 Å². The van der Waals surface area contributed by atoms with E-state index < -0.39 is 5.56 Å². The minimum absolute atomic E-state index is 0.0505. The third-order valence-corrected chi connectivity index (χ3v) is 2.77. The Kier molecular flexibility index (Phi) is 2.16. The Morgan fingerprint density at radius 3 is 2.17 bits per heavy atom. The molecule has 0 unspecified atom stereocenters. The van der Waals surface area contributed by atoms with Crippen molar-refractivity contribution < 1.29 is 14.1 Å². The van der Waals surface area contributed by atoms with Crippen LogP contribution in [0.2, 0.25) is 0 Å². The fourth-order valence-corrected chi connectivity index (χ4v) is 1.94. The van der Waals surface area contributed by atoms with Crippen molar-refractivity contribution in [2.75, 3.05) is 0 Å². The van der Waals surface area contributed by atoms with E-state index in [2.05, 4.69) is 5.16 Å². The summed E-state index contributed by atoms with van der Waals surface area (Å²) < 4.78 is 4.84. The second-order valence-corrected chi connectivity index (χ2v) is 3.92. The Morgan fingerprint density at radius 2 is 1.67 bits per heavy atom. The molecular formula is C12H8N2O4. The Labute approximate surface area is 101 Å². The molecule has 18 heavy (non-hydrogen) atoms. The van der Waals surface area contributed by atoms with E-state index in [-0.39, 0.29) is 24.1 Å². The number of nitrogens with one attached hydrogen (secondary N) is 1. The first kappa shape index (κ1) is 10.5. The second kappa shape index (κ2) is 3.69. The number of aromatic nitrogens is 1. The van der Waals surface area contributed by atoms with Gasteiger partial charge in [-0.05, 0) is 12.1 Å². The van der Waals surface area contributed by atoms with Gasteiger partial charge in [-0.2, -0.15) is 5.16 Å². The third-order valence-electron chi connectivity index (χ3n) is 2.77. The number of carbonyl (C=O) groups excluding carboxylic acids is 2. The number of rotatable bonds is 2. The summed E-state index contributed by atoms with van der Waals surface area (Å²) in [6.45, 7) is -0.0505. The van der Waals surface area contributed by atoms with Crippen molar-refractivity contribution >= 4 is 11.8 Å². The lowest BCUT2D eigenvalue weighted by Crippen LogP contribution is -2.28. The van der Waals surface area contributed by atoms with E-state index in [0.717, 1.165) is 4.90 Å². The van der Waals surface area contributed by atoms with Gasteiger partial charge in [-0.25, -0.2) is 0 Å². The third kappa shape index (κ3) is 1.46. The van der Waals surface area contributed by atoms with Gasteiger partial charge >= 0.3 is 0 Å². The fourth-order valence-electron chi connectivity index (χ4n) is 1.94. The van der Waals surface area contributed by atoms with E-state index in [1.165, 1.54) is 6.07 Å². The normalized spacial score (nSPS) is 14.1. The van der Waals surface area contributed by atoms with Crippen LogP contribution in [-0.4, -0.2) is 21.9 Å². The summed E-state index contributed by atoms with van der Waals surface area (Å²) in [7, 11) is 0. The van der Waals surface area contributed by atoms with E-state index in [4.69, 9.17) is 4.52 Å². The Morgan fingerprint density at radius 1 is 1.06 bits per heavy atom. The fraction of sp³-hybridized carbons (Fsp3) is 0.0833. The molecule has 0 radical (unpaired) electrons. The molecule has 3 rings (SSSR count). The first-order valence-electron chi connectivity index (χ1n) is 5.29. The largest absolute Gasteiger partial charge is 0.382 e. The van der Waals surface area contributed by atoms with Crippen LogP contribution in [0.1, 0.15) is 26.5 Å². The number of hydrogen-bond donors (Lipinski definition) is 1. The Bertz CT molecular complexity index is 663. The number of carbonyl (C=O) groups is 2. The van der Waals surface area contributed by atoms with Crippen LogP contribution in [-0.2, 0) is 6.54 Å².